The molecule has 7 heteroatoms. The van der Waals surface area contributed by atoms with E-state index in [9.17, 15) is 13.7 Å². The molecule has 1 aliphatic rings. The van der Waals surface area contributed by atoms with E-state index >= 15 is 0 Å². The van der Waals surface area contributed by atoms with Gasteiger partial charge in [-0.3, -0.25) is 0 Å². The number of sulfonamides is 1. The molecule has 21 heavy (non-hydrogen) atoms. The van der Waals surface area contributed by atoms with Crippen LogP contribution in [0.25, 0.3) is 0 Å². The minimum atomic E-state index is -3.80. The largest absolute Gasteiger partial charge is 0.360 e. The van der Waals surface area contributed by atoms with Crippen LogP contribution in [0.2, 0.25) is 0 Å². The van der Waals surface area contributed by atoms with Gasteiger partial charge in [0.2, 0.25) is 10.0 Å². The fourth-order valence-electron chi connectivity index (χ4n) is 2.98. The van der Waals surface area contributed by atoms with Gasteiger partial charge in [0.05, 0.1) is 6.07 Å². The van der Waals surface area contributed by atoms with Gasteiger partial charge < -0.3 is 4.52 Å². The van der Waals surface area contributed by atoms with E-state index in [0.717, 1.165) is 19.3 Å². The number of hydrogen-bond donors (Lipinski definition) is 1. The molecule has 2 rings (SSSR count). The van der Waals surface area contributed by atoms with Crippen LogP contribution < -0.4 is 4.72 Å². The first-order valence-corrected chi connectivity index (χ1v) is 8.70. The van der Waals surface area contributed by atoms with Crippen LogP contribution in [0.4, 0.5) is 0 Å². The van der Waals surface area contributed by atoms with Gasteiger partial charge in [-0.25, -0.2) is 8.42 Å². The molecule has 1 aliphatic carbocycles. The second-order valence-corrected chi connectivity index (χ2v) is 7.42. The molecule has 1 saturated carbocycles. The van der Waals surface area contributed by atoms with Crippen molar-refractivity contribution in [2.24, 2.45) is 5.92 Å². The van der Waals surface area contributed by atoms with Gasteiger partial charge in [-0.1, -0.05) is 18.5 Å². The van der Waals surface area contributed by atoms with Gasteiger partial charge >= 0.3 is 0 Å². The lowest BCUT2D eigenvalue weighted by Gasteiger charge is -2.34. The Morgan fingerprint density at radius 3 is 2.48 bits per heavy atom. The summed E-state index contributed by atoms with van der Waals surface area (Å²) in [6, 6.07) is 2.18. The second kappa shape index (κ2) is 5.78. The molecular weight excluding hydrogens is 290 g/mol. The fourth-order valence-corrected chi connectivity index (χ4v) is 4.69. The molecule has 0 aliphatic heterocycles. The van der Waals surface area contributed by atoms with Gasteiger partial charge in [-0.2, -0.15) is 9.98 Å². The highest BCUT2D eigenvalue weighted by molar-refractivity contribution is 7.89. The third kappa shape index (κ3) is 3.11. The molecular formula is C14H21N3O3S. The molecule has 0 saturated heterocycles. The van der Waals surface area contributed by atoms with Crippen molar-refractivity contribution in [3.05, 3.63) is 11.5 Å². The summed E-state index contributed by atoms with van der Waals surface area (Å²) in [5.41, 5.74) is -0.698. The van der Waals surface area contributed by atoms with Crippen LogP contribution in [0.1, 0.15) is 50.5 Å². The molecule has 1 aromatic rings. The van der Waals surface area contributed by atoms with Crippen LogP contribution in [0.15, 0.2) is 9.42 Å². The summed E-state index contributed by atoms with van der Waals surface area (Å²) in [6.07, 6.45) is 3.90. The molecule has 116 valence electrons. The molecule has 6 nitrogen and oxygen atoms in total. The number of hydrogen-bond acceptors (Lipinski definition) is 5. The Morgan fingerprint density at radius 1 is 1.43 bits per heavy atom. The summed E-state index contributed by atoms with van der Waals surface area (Å²) in [7, 11) is -3.80. The van der Waals surface area contributed by atoms with E-state index in [1.54, 1.807) is 13.8 Å². The lowest BCUT2D eigenvalue weighted by atomic mass is 9.77. The Labute approximate surface area is 125 Å². The van der Waals surface area contributed by atoms with Gasteiger partial charge in [0.25, 0.3) is 0 Å². The zero-order chi connectivity index (χ0) is 15.7. The maximum absolute atomic E-state index is 12.6. The van der Waals surface area contributed by atoms with Crippen molar-refractivity contribution in [2.45, 2.75) is 63.3 Å². The third-order valence-electron chi connectivity index (χ3n) is 4.32. The highest BCUT2D eigenvalue weighted by atomic mass is 32.2. The Morgan fingerprint density at radius 2 is 2.05 bits per heavy atom. The number of rotatable bonds is 4. The standard InChI is InChI=1S/C14H21N3O3S/c1-4-12-5-7-14(9-15,8-6-12)17-21(18,19)13-10(2)16-20-11(13)3/h12,17H,4-8H2,1-3H3. The smallest absolute Gasteiger partial charge is 0.247 e. The molecule has 0 radical (unpaired) electrons. The van der Waals surface area contributed by atoms with Crippen molar-refractivity contribution >= 4 is 10.0 Å². The fraction of sp³-hybridized carbons (Fsp3) is 0.714. The zero-order valence-corrected chi connectivity index (χ0v) is 13.5. The summed E-state index contributed by atoms with van der Waals surface area (Å²) < 4.78 is 32.6. The normalized spacial score (nSPS) is 26.5. The Balaban J connectivity index is 2.25. The van der Waals surface area contributed by atoms with Crippen LogP contribution in [0, 0.1) is 31.1 Å². The molecule has 0 aromatic carbocycles. The highest BCUT2D eigenvalue weighted by Gasteiger charge is 2.40. The number of aromatic nitrogens is 1. The van der Waals surface area contributed by atoms with Crippen molar-refractivity contribution in [1.82, 2.24) is 9.88 Å². The van der Waals surface area contributed by atoms with Crippen LogP contribution in [-0.2, 0) is 10.0 Å². The van der Waals surface area contributed by atoms with E-state index in [0.29, 0.717) is 24.5 Å². The van der Waals surface area contributed by atoms with E-state index in [1.807, 2.05) is 0 Å². The van der Waals surface area contributed by atoms with E-state index in [1.165, 1.54) is 0 Å². The molecule has 0 spiro atoms. The van der Waals surface area contributed by atoms with Gasteiger partial charge in [0, 0.05) is 0 Å². The first-order chi connectivity index (χ1) is 9.83. The van der Waals surface area contributed by atoms with E-state index in [-0.39, 0.29) is 10.7 Å². The highest BCUT2D eigenvalue weighted by Crippen LogP contribution is 2.35. The Hall–Kier alpha value is -1.39. The number of nitrogens with one attached hydrogen (secondary N) is 1. The average molecular weight is 311 g/mol. The molecule has 0 unspecified atom stereocenters. The third-order valence-corrected chi connectivity index (χ3v) is 6.10. The van der Waals surface area contributed by atoms with Gasteiger partial charge in [-0.15, -0.1) is 0 Å². The zero-order valence-electron chi connectivity index (χ0n) is 12.6. The van der Waals surface area contributed by atoms with Crippen LogP contribution in [-0.4, -0.2) is 19.1 Å². The van der Waals surface area contributed by atoms with Gasteiger partial charge in [0.15, 0.2) is 5.76 Å². The van der Waals surface area contributed by atoms with Crippen molar-refractivity contribution in [2.75, 3.05) is 0 Å². The average Bonchev–Trinajstić information content (AvgIpc) is 2.79. The summed E-state index contributed by atoms with van der Waals surface area (Å²) in [6.45, 7) is 5.26. The van der Waals surface area contributed by atoms with E-state index < -0.39 is 15.6 Å². The molecule has 1 heterocycles. The van der Waals surface area contributed by atoms with E-state index in [2.05, 4.69) is 22.9 Å². The first-order valence-electron chi connectivity index (χ1n) is 7.21. The topological polar surface area (TPSA) is 96.0 Å². The second-order valence-electron chi connectivity index (χ2n) is 5.80. The van der Waals surface area contributed by atoms with Crippen molar-refractivity contribution in [3.8, 4) is 6.07 Å². The molecule has 0 atom stereocenters. The SMILES string of the molecule is CCC1CCC(C#N)(NS(=O)(=O)c2c(C)noc2C)CC1. The molecule has 1 aromatic heterocycles. The quantitative estimate of drug-likeness (QED) is 0.921. The molecule has 0 amide bonds. The monoisotopic (exact) mass is 311 g/mol. The predicted molar refractivity (Wildman–Crippen MR) is 76.9 cm³/mol. The summed E-state index contributed by atoms with van der Waals surface area (Å²) >= 11 is 0. The van der Waals surface area contributed by atoms with Crippen molar-refractivity contribution in [3.63, 3.8) is 0 Å². The summed E-state index contributed by atoms with van der Waals surface area (Å²) in [5, 5.41) is 13.2. The maximum Gasteiger partial charge on any atom is 0.247 e. The van der Waals surface area contributed by atoms with Gasteiger partial charge in [-0.05, 0) is 45.4 Å². The lowest BCUT2D eigenvalue weighted by molar-refractivity contribution is 0.259. The molecule has 1 fully saturated rings. The number of nitrogens with zero attached hydrogens (tertiary/aromatic N) is 2. The predicted octanol–water partition coefficient (Wildman–Crippen LogP) is 2.43. The minimum absolute atomic E-state index is 0.0507. The number of nitriles is 1. The molecule has 0 bridgehead atoms. The Bertz CT molecular complexity index is 630. The Kier molecular flexibility index (Phi) is 4.40. The van der Waals surface area contributed by atoms with Crippen molar-refractivity contribution < 1.29 is 12.9 Å². The molecule has 1 N–H and O–H groups in total. The van der Waals surface area contributed by atoms with Crippen LogP contribution >= 0.6 is 0 Å². The lowest BCUT2D eigenvalue weighted by Crippen LogP contribution is -2.49. The first kappa shape index (κ1) is 16.0. The summed E-state index contributed by atoms with van der Waals surface area (Å²) in [4.78, 5) is 0.0507. The number of aryl methyl sites for hydroxylation is 2. The van der Waals surface area contributed by atoms with Gasteiger partial charge in [0.1, 0.15) is 16.1 Å². The van der Waals surface area contributed by atoms with Crippen molar-refractivity contribution in [1.29, 1.82) is 5.26 Å². The van der Waals surface area contributed by atoms with Crippen LogP contribution in [0.5, 0.6) is 0 Å². The van der Waals surface area contributed by atoms with Crippen LogP contribution in [0.3, 0.4) is 0 Å². The van der Waals surface area contributed by atoms with E-state index in [4.69, 9.17) is 4.52 Å². The maximum atomic E-state index is 12.6. The minimum Gasteiger partial charge on any atom is -0.360 e. The summed E-state index contributed by atoms with van der Waals surface area (Å²) in [5.74, 6) is 0.824.